The molecule has 0 radical (unpaired) electrons. The Labute approximate surface area is 146 Å². The van der Waals surface area contributed by atoms with Crippen LogP contribution in [0.5, 0.6) is 5.75 Å². The van der Waals surface area contributed by atoms with Gasteiger partial charge in [0.15, 0.2) is 6.10 Å². The third-order valence-electron chi connectivity index (χ3n) is 3.40. The Hall–Kier alpha value is -1.71. The molecule has 0 spiro atoms. The van der Waals surface area contributed by atoms with Crippen molar-refractivity contribution in [2.75, 3.05) is 0 Å². The average molecular weight is 352 g/mol. The second kappa shape index (κ2) is 8.23. The van der Waals surface area contributed by atoms with Gasteiger partial charge in [-0.05, 0) is 48.7 Å². The molecule has 122 valence electrons. The van der Waals surface area contributed by atoms with Crippen LogP contribution >= 0.6 is 23.2 Å². The van der Waals surface area contributed by atoms with Crippen LogP contribution < -0.4 is 10.1 Å². The molecule has 23 heavy (non-hydrogen) atoms. The summed E-state index contributed by atoms with van der Waals surface area (Å²) in [5.41, 5.74) is 1.90. The zero-order chi connectivity index (χ0) is 16.8. The summed E-state index contributed by atoms with van der Waals surface area (Å²) in [6.45, 7) is 4.23. The number of ether oxygens (including phenoxy) is 1. The largest absolute Gasteiger partial charge is 0.481 e. The summed E-state index contributed by atoms with van der Waals surface area (Å²) in [6, 6.07) is 12.8. The Kier molecular flexibility index (Phi) is 6.31. The van der Waals surface area contributed by atoms with Crippen LogP contribution in [0.4, 0.5) is 0 Å². The first kappa shape index (κ1) is 17.6. The molecule has 0 fully saturated rings. The maximum atomic E-state index is 12.3. The van der Waals surface area contributed by atoms with E-state index in [9.17, 15) is 4.79 Å². The Bertz CT molecular complexity index is 688. The molecule has 0 saturated carbocycles. The van der Waals surface area contributed by atoms with Crippen LogP contribution in [0.25, 0.3) is 0 Å². The standard InChI is InChI=1S/C18H19Cl2NO2/c1-3-17(23-15-6-4-5-12(2)9-15)18(22)21-11-13-7-8-14(19)10-16(13)20/h4-10,17H,3,11H2,1-2H3,(H,21,22). The van der Waals surface area contributed by atoms with Gasteiger partial charge in [0.1, 0.15) is 5.75 Å². The minimum atomic E-state index is -0.539. The van der Waals surface area contributed by atoms with Crippen molar-refractivity contribution in [1.82, 2.24) is 5.32 Å². The maximum absolute atomic E-state index is 12.3. The molecule has 1 atom stereocenters. The molecule has 0 aromatic heterocycles. The number of hydrogen-bond acceptors (Lipinski definition) is 2. The highest BCUT2D eigenvalue weighted by Gasteiger charge is 2.18. The van der Waals surface area contributed by atoms with Crippen LogP contribution in [-0.2, 0) is 11.3 Å². The van der Waals surface area contributed by atoms with Crippen molar-refractivity contribution in [2.45, 2.75) is 32.9 Å². The predicted molar refractivity (Wildman–Crippen MR) is 94.2 cm³/mol. The van der Waals surface area contributed by atoms with Crippen LogP contribution in [0, 0.1) is 6.92 Å². The second-order valence-corrected chi connectivity index (χ2v) is 6.13. The number of amides is 1. The van der Waals surface area contributed by atoms with E-state index in [1.807, 2.05) is 38.1 Å². The van der Waals surface area contributed by atoms with Crippen molar-refractivity contribution in [3.63, 3.8) is 0 Å². The van der Waals surface area contributed by atoms with Crippen LogP contribution in [0.15, 0.2) is 42.5 Å². The number of rotatable bonds is 6. The molecule has 0 heterocycles. The van der Waals surface area contributed by atoms with E-state index in [1.54, 1.807) is 18.2 Å². The monoisotopic (exact) mass is 351 g/mol. The second-order valence-electron chi connectivity index (χ2n) is 5.28. The Morgan fingerprint density at radius 2 is 2.00 bits per heavy atom. The van der Waals surface area contributed by atoms with Crippen molar-refractivity contribution in [2.24, 2.45) is 0 Å². The van der Waals surface area contributed by atoms with Gasteiger partial charge in [-0.15, -0.1) is 0 Å². The lowest BCUT2D eigenvalue weighted by molar-refractivity contribution is -0.128. The SMILES string of the molecule is CCC(Oc1cccc(C)c1)C(=O)NCc1ccc(Cl)cc1Cl. The van der Waals surface area contributed by atoms with Gasteiger partial charge in [0.2, 0.25) is 0 Å². The van der Waals surface area contributed by atoms with Gasteiger partial charge in [-0.1, -0.05) is 48.3 Å². The van der Waals surface area contributed by atoms with E-state index in [1.165, 1.54) is 0 Å². The van der Waals surface area contributed by atoms with Crippen molar-refractivity contribution in [3.8, 4) is 5.75 Å². The molecule has 0 saturated heterocycles. The van der Waals surface area contributed by atoms with Gasteiger partial charge in [0, 0.05) is 16.6 Å². The number of carbonyl (C=O) groups is 1. The summed E-state index contributed by atoms with van der Waals surface area (Å²) in [4.78, 5) is 12.3. The molecular formula is C18H19Cl2NO2. The van der Waals surface area contributed by atoms with Crippen molar-refractivity contribution in [3.05, 3.63) is 63.6 Å². The molecule has 2 rings (SSSR count). The van der Waals surface area contributed by atoms with E-state index in [4.69, 9.17) is 27.9 Å². The molecule has 1 unspecified atom stereocenters. The lowest BCUT2D eigenvalue weighted by Gasteiger charge is -2.18. The summed E-state index contributed by atoms with van der Waals surface area (Å²) < 4.78 is 5.78. The molecule has 1 N–H and O–H groups in total. The third kappa shape index (κ3) is 5.15. The normalized spacial score (nSPS) is 11.8. The summed E-state index contributed by atoms with van der Waals surface area (Å²) in [5, 5.41) is 3.96. The van der Waals surface area contributed by atoms with E-state index < -0.39 is 6.10 Å². The summed E-state index contributed by atoms with van der Waals surface area (Å²) in [5.74, 6) is 0.525. The van der Waals surface area contributed by atoms with Crippen LogP contribution in [0.1, 0.15) is 24.5 Å². The predicted octanol–water partition coefficient (Wildman–Crippen LogP) is 4.78. The number of aryl methyl sites for hydroxylation is 1. The zero-order valence-electron chi connectivity index (χ0n) is 13.1. The van der Waals surface area contributed by atoms with E-state index in [0.29, 0.717) is 28.8 Å². The molecular weight excluding hydrogens is 333 g/mol. The Morgan fingerprint density at radius 3 is 2.65 bits per heavy atom. The van der Waals surface area contributed by atoms with Crippen LogP contribution in [0.3, 0.4) is 0 Å². The Morgan fingerprint density at radius 1 is 1.22 bits per heavy atom. The van der Waals surface area contributed by atoms with Gasteiger partial charge < -0.3 is 10.1 Å². The smallest absolute Gasteiger partial charge is 0.261 e. The summed E-state index contributed by atoms with van der Waals surface area (Å²) in [6.07, 6.45) is 0.0385. The number of nitrogens with one attached hydrogen (secondary N) is 1. The Balaban J connectivity index is 1.97. The van der Waals surface area contributed by atoms with Crippen molar-refractivity contribution < 1.29 is 9.53 Å². The highest BCUT2D eigenvalue weighted by molar-refractivity contribution is 6.35. The first-order valence-electron chi connectivity index (χ1n) is 7.44. The molecule has 1 amide bonds. The molecule has 0 aliphatic heterocycles. The third-order valence-corrected chi connectivity index (χ3v) is 3.99. The zero-order valence-corrected chi connectivity index (χ0v) is 14.6. The topological polar surface area (TPSA) is 38.3 Å². The molecule has 0 aliphatic rings. The fourth-order valence-corrected chi connectivity index (χ4v) is 2.61. The average Bonchev–Trinajstić information content (AvgIpc) is 2.51. The molecule has 0 bridgehead atoms. The molecule has 2 aromatic rings. The van der Waals surface area contributed by atoms with Gasteiger partial charge in [0.05, 0.1) is 0 Å². The van der Waals surface area contributed by atoms with Crippen molar-refractivity contribution in [1.29, 1.82) is 0 Å². The quantitative estimate of drug-likeness (QED) is 0.813. The molecule has 2 aromatic carbocycles. The first-order valence-corrected chi connectivity index (χ1v) is 8.20. The summed E-state index contributed by atoms with van der Waals surface area (Å²) >= 11 is 12.0. The van der Waals surface area contributed by atoms with E-state index in [-0.39, 0.29) is 5.91 Å². The van der Waals surface area contributed by atoms with Crippen molar-refractivity contribution >= 4 is 29.1 Å². The van der Waals surface area contributed by atoms with Gasteiger partial charge in [-0.25, -0.2) is 0 Å². The van der Waals surface area contributed by atoms with Gasteiger partial charge in [0.25, 0.3) is 5.91 Å². The lowest BCUT2D eigenvalue weighted by Crippen LogP contribution is -2.37. The highest BCUT2D eigenvalue weighted by atomic mass is 35.5. The number of benzene rings is 2. The summed E-state index contributed by atoms with van der Waals surface area (Å²) in [7, 11) is 0. The minimum absolute atomic E-state index is 0.167. The highest BCUT2D eigenvalue weighted by Crippen LogP contribution is 2.21. The fraction of sp³-hybridized carbons (Fsp3) is 0.278. The van der Waals surface area contributed by atoms with Crippen LogP contribution in [0.2, 0.25) is 10.0 Å². The first-order chi connectivity index (χ1) is 11.0. The van der Waals surface area contributed by atoms with E-state index >= 15 is 0 Å². The van der Waals surface area contributed by atoms with Crippen LogP contribution in [-0.4, -0.2) is 12.0 Å². The number of halogens is 2. The number of hydrogen-bond donors (Lipinski definition) is 1. The minimum Gasteiger partial charge on any atom is -0.481 e. The fourth-order valence-electron chi connectivity index (χ4n) is 2.14. The molecule has 0 aliphatic carbocycles. The van der Waals surface area contributed by atoms with Gasteiger partial charge in [-0.2, -0.15) is 0 Å². The van der Waals surface area contributed by atoms with Gasteiger partial charge >= 0.3 is 0 Å². The molecule has 5 heteroatoms. The lowest BCUT2D eigenvalue weighted by atomic mass is 10.2. The maximum Gasteiger partial charge on any atom is 0.261 e. The van der Waals surface area contributed by atoms with Gasteiger partial charge in [-0.3, -0.25) is 4.79 Å². The van der Waals surface area contributed by atoms with E-state index in [2.05, 4.69) is 5.32 Å². The molecule has 3 nitrogen and oxygen atoms in total. The van der Waals surface area contributed by atoms with E-state index in [0.717, 1.165) is 11.1 Å². The number of carbonyl (C=O) groups excluding carboxylic acids is 1.